The molecule has 0 saturated heterocycles. The highest BCUT2D eigenvalue weighted by Crippen LogP contribution is 2.24. The zero-order valence-corrected chi connectivity index (χ0v) is 12.0. The van der Waals surface area contributed by atoms with Gasteiger partial charge in [0.1, 0.15) is 5.82 Å². The number of rotatable bonds is 7. The minimum atomic E-state index is 0.127. The van der Waals surface area contributed by atoms with Crippen molar-refractivity contribution in [3.63, 3.8) is 0 Å². The van der Waals surface area contributed by atoms with Crippen molar-refractivity contribution in [2.75, 3.05) is 44.6 Å². The van der Waals surface area contributed by atoms with Gasteiger partial charge in [-0.05, 0) is 6.92 Å². The van der Waals surface area contributed by atoms with E-state index in [2.05, 4.69) is 32.0 Å². The second-order valence-corrected chi connectivity index (χ2v) is 4.53. The number of hydrogen-bond donors (Lipinski definition) is 2. The third-order valence-electron chi connectivity index (χ3n) is 3.06. The molecule has 8 heteroatoms. The van der Waals surface area contributed by atoms with E-state index >= 15 is 0 Å². The van der Waals surface area contributed by atoms with E-state index in [1.54, 1.807) is 20.4 Å². The largest absolute Gasteiger partial charge is 0.383 e. The van der Waals surface area contributed by atoms with Crippen molar-refractivity contribution in [3.8, 4) is 0 Å². The van der Waals surface area contributed by atoms with E-state index in [-0.39, 0.29) is 12.0 Å². The zero-order chi connectivity index (χ0) is 14.5. The molecule has 0 radical (unpaired) electrons. The minimum absolute atomic E-state index is 0.127. The monoisotopic (exact) mass is 280 g/mol. The number of methoxy groups -OCH3 is 2. The summed E-state index contributed by atoms with van der Waals surface area (Å²) in [6, 6.07) is 0.127. The summed E-state index contributed by atoms with van der Waals surface area (Å²) in [5.41, 5.74) is 6.39. The molecule has 0 amide bonds. The van der Waals surface area contributed by atoms with Crippen molar-refractivity contribution >= 4 is 22.8 Å². The maximum atomic E-state index is 5.77. The molecule has 8 nitrogen and oxygen atoms in total. The molecule has 20 heavy (non-hydrogen) atoms. The third kappa shape index (κ3) is 2.97. The number of aromatic amines is 1. The van der Waals surface area contributed by atoms with Gasteiger partial charge in [-0.3, -0.25) is 5.10 Å². The maximum Gasteiger partial charge on any atom is 0.224 e. The SMILES string of the molecule is COCCN(c1nc(N)nc2[nH]ncc12)C(C)COC. The summed E-state index contributed by atoms with van der Waals surface area (Å²) in [5, 5.41) is 7.64. The molecule has 0 bridgehead atoms. The summed E-state index contributed by atoms with van der Waals surface area (Å²) in [7, 11) is 3.34. The van der Waals surface area contributed by atoms with Crippen LogP contribution in [-0.4, -0.2) is 60.2 Å². The van der Waals surface area contributed by atoms with E-state index in [0.717, 1.165) is 11.2 Å². The number of H-pyrrole nitrogens is 1. The second-order valence-electron chi connectivity index (χ2n) is 4.53. The Kier molecular flexibility index (Phi) is 4.70. The summed E-state index contributed by atoms with van der Waals surface area (Å²) in [4.78, 5) is 10.6. The van der Waals surface area contributed by atoms with E-state index in [1.807, 2.05) is 0 Å². The predicted octanol–water partition coefficient (Wildman–Crippen LogP) is 0.423. The third-order valence-corrected chi connectivity index (χ3v) is 3.06. The predicted molar refractivity (Wildman–Crippen MR) is 76.7 cm³/mol. The number of nitrogen functional groups attached to an aromatic ring is 1. The average Bonchev–Trinajstić information content (AvgIpc) is 2.87. The number of anilines is 2. The fourth-order valence-electron chi connectivity index (χ4n) is 2.11. The number of aromatic nitrogens is 4. The van der Waals surface area contributed by atoms with Crippen LogP contribution in [0.2, 0.25) is 0 Å². The molecule has 2 heterocycles. The first-order valence-corrected chi connectivity index (χ1v) is 6.38. The van der Waals surface area contributed by atoms with Gasteiger partial charge in [-0.25, -0.2) is 0 Å². The van der Waals surface area contributed by atoms with Crippen LogP contribution in [0.15, 0.2) is 6.20 Å². The standard InChI is InChI=1S/C12H20N6O2/c1-8(7-20-3)18(4-5-19-2)11-9-6-14-17-10(9)15-12(13)16-11/h6,8H,4-5,7H2,1-3H3,(H3,13,14,15,16,17). The van der Waals surface area contributed by atoms with Crippen molar-refractivity contribution in [1.29, 1.82) is 0 Å². The van der Waals surface area contributed by atoms with Crippen LogP contribution in [0.1, 0.15) is 6.92 Å². The van der Waals surface area contributed by atoms with Crippen molar-refractivity contribution < 1.29 is 9.47 Å². The number of hydrogen-bond acceptors (Lipinski definition) is 7. The molecule has 2 rings (SSSR count). The first kappa shape index (κ1) is 14.5. The quantitative estimate of drug-likeness (QED) is 0.757. The zero-order valence-electron chi connectivity index (χ0n) is 12.0. The number of nitrogens with zero attached hydrogens (tertiary/aromatic N) is 4. The van der Waals surface area contributed by atoms with Gasteiger partial charge in [0.2, 0.25) is 5.95 Å². The van der Waals surface area contributed by atoms with E-state index in [9.17, 15) is 0 Å². The lowest BCUT2D eigenvalue weighted by molar-refractivity contribution is 0.170. The van der Waals surface area contributed by atoms with Gasteiger partial charge in [-0.1, -0.05) is 0 Å². The Morgan fingerprint density at radius 3 is 2.85 bits per heavy atom. The van der Waals surface area contributed by atoms with E-state index < -0.39 is 0 Å². The molecular weight excluding hydrogens is 260 g/mol. The highest BCUT2D eigenvalue weighted by Gasteiger charge is 2.20. The molecule has 3 N–H and O–H groups in total. The van der Waals surface area contributed by atoms with Gasteiger partial charge in [-0.2, -0.15) is 15.1 Å². The average molecular weight is 280 g/mol. The Labute approximate surface area is 117 Å². The van der Waals surface area contributed by atoms with Crippen LogP contribution in [0.5, 0.6) is 0 Å². The van der Waals surface area contributed by atoms with E-state index in [0.29, 0.717) is 25.4 Å². The molecule has 0 aliphatic rings. The topological polar surface area (TPSA) is 102 Å². The molecule has 0 saturated carbocycles. The van der Waals surface area contributed by atoms with Crippen LogP contribution in [0.25, 0.3) is 11.0 Å². The molecule has 2 aromatic heterocycles. The van der Waals surface area contributed by atoms with Crippen LogP contribution in [-0.2, 0) is 9.47 Å². The van der Waals surface area contributed by atoms with Crippen LogP contribution < -0.4 is 10.6 Å². The second kappa shape index (κ2) is 6.49. The first-order chi connectivity index (χ1) is 9.67. The Balaban J connectivity index is 2.40. The Bertz CT molecular complexity index is 558. The molecule has 1 unspecified atom stereocenters. The van der Waals surface area contributed by atoms with Crippen LogP contribution in [0.3, 0.4) is 0 Å². The van der Waals surface area contributed by atoms with Gasteiger partial charge >= 0.3 is 0 Å². The molecule has 0 aliphatic carbocycles. The Hall–Kier alpha value is -1.93. The van der Waals surface area contributed by atoms with Gasteiger partial charge in [0.15, 0.2) is 5.65 Å². The van der Waals surface area contributed by atoms with Crippen molar-refractivity contribution in [3.05, 3.63) is 6.20 Å². The number of nitrogens with one attached hydrogen (secondary N) is 1. The molecule has 0 aromatic carbocycles. The Morgan fingerprint density at radius 2 is 2.15 bits per heavy atom. The first-order valence-electron chi connectivity index (χ1n) is 6.38. The summed E-state index contributed by atoms with van der Waals surface area (Å²) in [5.74, 6) is 0.951. The highest BCUT2D eigenvalue weighted by molar-refractivity contribution is 5.87. The fourth-order valence-corrected chi connectivity index (χ4v) is 2.11. The van der Waals surface area contributed by atoms with Gasteiger partial charge in [0.25, 0.3) is 0 Å². The van der Waals surface area contributed by atoms with E-state index in [4.69, 9.17) is 15.2 Å². The van der Waals surface area contributed by atoms with Gasteiger partial charge in [-0.15, -0.1) is 0 Å². The molecule has 2 aromatic rings. The number of ether oxygens (including phenoxy) is 2. The summed E-state index contributed by atoms with van der Waals surface area (Å²) >= 11 is 0. The normalized spacial score (nSPS) is 12.8. The minimum Gasteiger partial charge on any atom is -0.383 e. The lowest BCUT2D eigenvalue weighted by Crippen LogP contribution is -2.39. The summed E-state index contributed by atoms with van der Waals surface area (Å²) in [6.07, 6.45) is 1.70. The van der Waals surface area contributed by atoms with Crippen LogP contribution >= 0.6 is 0 Å². The lowest BCUT2D eigenvalue weighted by Gasteiger charge is -2.30. The van der Waals surface area contributed by atoms with E-state index in [1.165, 1.54) is 0 Å². The fraction of sp³-hybridized carbons (Fsp3) is 0.583. The van der Waals surface area contributed by atoms with Crippen molar-refractivity contribution in [2.24, 2.45) is 0 Å². The smallest absolute Gasteiger partial charge is 0.224 e. The molecule has 110 valence electrons. The molecule has 1 atom stereocenters. The molecule has 0 spiro atoms. The Morgan fingerprint density at radius 1 is 1.35 bits per heavy atom. The van der Waals surface area contributed by atoms with Gasteiger partial charge in [0.05, 0.1) is 30.8 Å². The summed E-state index contributed by atoms with van der Waals surface area (Å²) in [6.45, 7) is 3.89. The van der Waals surface area contributed by atoms with Crippen molar-refractivity contribution in [2.45, 2.75) is 13.0 Å². The van der Waals surface area contributed by atoms with Gasteiger partial charge in [0, 0.05) is 20.8 Å². The maximum absolute atomic E-state index is 5.77. The van der Waals surface area contributed by atoms with Crippen LogP contribution in [0.4, 0.5) is 11.8 Å². The molecule has 0 aliphatic heterocycles. The van der Waals surface area contributed by atoms with Crippen molar-refractivity contribution in [1.82, 2.24) is 20.2 Å². The number of nitrogens with two attached hydrogens (primary N) is 1. The summed E-state index contributed by atoms with van der Waals surface area (Å²) < 4.78 is 10.4. The molecular formula is C12H20N6O2. The van der Waals surface area contributed by atoms with Crippen LogP contribution in [0, 0.1) is 0 Å². The molecule has 0 fully saturated rings. The number of fused-ring (bicyclic) bond motifs is 1. The van der Waals surface area contributed by atoms with Gasteiger partial charge < -0.3 is 20.1 Å². The highest BCUT2D eigenvalue weighted by atomic mass is 16.5. The lowest BCUT2D eigenvalue weighted by atomic mass is 10.2.